The summed E-state index contributed by atoms with van der Waals surface area (Å²) in [6.45, 7) is -2.19. The Balaban J connectivity index is -0.0000000994. The van der Waals surface area contributed by atoms with Gasteiger partial charge in [0.25, 0.3) is 0 Å². The van der Waals surface area contributed by atoms with Crippen LogP contribution in [0, 0.1) is 0 Å². The number of aliphatic hydroxyl groups excluding tert-OH is 9. The summed E-state index contributed by atoms with van der Waals surface area (Å²) in [4.78, 5) is 8.56. The second-order valence-corrected chi connectivity index (χ2v) is 3.34. The molecule has 138 valence electrons. The maximum Gasteiger partial charge on any atom is 0.503 e. The molecule has 0 saturated heterocycles. The molecule has 12 heteroatoms. The van der Waals surface area contributed by atoms with Crippen LogP contribution in [0.1, 0.15) is 0 Å². The highest BCUT2D eigenvalue weighted by Crippen LogP contribution is 1.72. The third-order valence-corrected chi connectivity index (χ3v) is 1.26. The van der Waals surface area contributed by atoms with Crippen LogP contribution >= 0.6 is 0 Å². The predicted octanol–water partition coefficient (Wildman–Crippen LogP) is -4.78. The minimum Gasteiger partial charge on any atom is -0.450 e. The molecular formula is C10H26O12. The molecule has 11 N–H and O–H groups in total. The van der Waals surface area contributed by atoms with Crippen LogP contribution in [-0.2, 0) is 0 Å². The third kappa shape index (κ3) is 51.0. The molecule has 0 aliphatic rings. The van der Waals surface area contributed by atoms with E-state index in [9.17, 15) is 0 Å². The Morgan fingerprint density at radius 1 is 0.545 bits per heavy atom. The maximum absolute atomic E-state index is 8.56. The summed E-state index contributed by atoms with van der Waals surface area (Å²) in [6, 6.07) is 0. The van der Waals surface area contributed by atoms with Crippen molar-refractivity contribution in [2.24, 2.45) is 0 Å². The third-order valence-electron chi connectivity index (χ3n) is 1.26. The molecule has 0 atom stereocenters. The fraction of sp³-hybridized carbons (Fsp3) is 0.900. The summed E-state index contributed by atoms with van der Waals surface area (Å²) >= 11 is 0. The zero-order valence-electron chi connectivity index (χ0n) is 11.8. The van der Waals surface area contributed by atoms with Crippen LogP contribution in [0.25, 0.3) is 0 Å². The van der Waals surface area contributed by atoms with Gasteiger partial charge in [-0.3, -0.25) is 0 Å². The second-order valence-electron chi connectivity index (χ2n) is 3.34. The Kier molecular flexibility index (Phi) is 32.8. The lowest BCUT2D eigenvalue weighted by Gasteiger charge is -1.96. The SMILES string of the molecule is O=C(O)O.OCC(O)CO.OCC(O)CO.OCC(O)CO. The van der Waals surface area contributed by atoms with Crippen LogP contribution in [0.5, 0.6) is 0 Å². The molecule has 12 nitrogen and oxygen atoms in total. The van der Waals surface area contributed by atoms with Gasteiger partial charge in [-0.1, -0.05) is 0 Å². The number of carbonyl (C=O) groups is 1. The van der Waals surface area contributed by atoms with Crippen molar-refractivity contribution < 1.29 is 61.0 Å². The van der Waals surface area contributed by atoms with Gasteiger partial charge in [0.05, 0.1) is 39.6 Å². The molecule has 0 fully saturated rings. The van der Waals surface area contributed by atoms with E-state index in [4.69, 9.17) is 61.0 Å². The second kappa shape index (κ2) is 24.9. The topological polar surface area (TPSA) is 240 Å². The summed E-state index contributed by atoms with van der Waals surface area (Å²) in [7, 11) is 0. The number of aliphatic hydroxyl groups is 9. The predicted molar refractivity (Wildman–Crippen MR) is 71.2 cm³/mol. The normalized spacial score (nSPS) is 9.27. The van der Waals surface area contributed by atoms with Crippen molar-refractivity contribution >= 4 is 6.16 Å². The molecule has 0 aromatic heterocycles. The first-order valence-corrected chi connectivity index (χ1v) is 5.77. The van der Waals surface area contributed by atoms with Gasteiger partial charge < -0.3 is 56.2 Å². The lowest BCUT2D eigenvalue weighted by Crippen LogP contribution is -2.15. The average molecular weight is 338 g/mol. The molecule has 22 heavy (non-hydrogen) atoms. The van der Waals surface area contributed by atoms with Crippen molar-refractivity contribution in [2.45, 2.75) is 18.3 Å². The molecule has 0 radical (unpaired) electrons. The van der Waals surface area contributed by atoms with Gasteiger partial charge >= 0.3 is 6.16 Å². The lowest BCUT2D eigenvalue weighted by molar-refractivity contribution is 0.0450. The first-order valence-electron chi connectivity index (χ1n) is 5.77. The highest BCUT2D eigenvalue weighted by Gasteiger charge is 1.94. The van der Waals surface area contributed by atoms with E-state index in [2.05, 4.69) is 0 Å². The Hall–Kier alpha value is -1.09. The van der Waals surface area contributed by atoms with Crippen molar-refractivity contribution in [1.82, 2.24) is 0 Å². The minimum atomic E-state index is -1.83. The van der Waals surface area contributed by atoms with Crippen molar-refractivity contribution in [1.29, 1.82) is 0 Å². The Labute approximate surface area is 126 Å². The fourth-order valence-electron chi connectivity index (χ4n) is 0.173. The standard InChI is InChI=1S/3C3H8O3.CH2O3/c3*4-1-3(6)2-5;2-1(3)4/h3*3-6H,1-2H2;(H2,2,3,4). The van der Waals surface area contributed by atoms with Gasteiger partial charge in [-0.25, -0.2) is 4.79 Å². The van der Waals surface area contributed by atoms with E-state index in [1.54, 1.807) is 0 Å². The largest absolute Gasteiger partial charge is 0.503 e. The smallest absolute Gasteiger partial charge is 0.450 e. The monoisotopic (exact) mass is 338 g/mol. The molecular weight excluding hydrogens is 312 g/mol. The van der Waals surface area contributed by atoms with Crippen molar-refractivity contribution in [3.8, 4) is 0 Å². The molecule has 0 aliphatic heterocycles. The highest BCUT2D eigenvalue weighted by molar-refractivity contribution is 5.53. The van der Waals surface area contributed by atoms with Gasteiger partial charge in [0.15, 0.2) is 0 Å². The minimum absolute atomic E-state index is 0.365. The van der Waals surface area contributed by atoms with Crippen molar-refractivity contribution in [3.05, 3.63) is 0 Å². The van der Waals surface area contributed by atoms with Gasteiger partial charge in [-0.2, -0.15) is 0 Å². The summed E-state index contributed by atoms with van der Waals surface area (Å²) in [5.41, 5.74) is 0. The Morgan fingerprint density at radius 3 is 0.636 bits per heavy atom. The van der Waals surface area contributed by atoms with Crippen LogP contribution in [0.4, 0.5) is 4.79 Å². The molecule has 0 aromatic carbocycles. The molecule has 0 rings (SSSR count). The highest BCUT2D eigenvalue weighted by atomic mass is 16.6. The average Bonchev–Trinajstić information content (AvgIpc) is 2.52. The van der Waals surface area contributed by atoms with Crippen LogP contribution in [0.2, 0.25) is 0 Å². The first-order chi connectivity index (χ1) is 10.2. The van der Waals surface area contributed by atoms with E-state index in [0.717, 1.165) is 0 Å². The Bertz CT molecular complexity index is 163. The lowest BCUT2D eigenvalue weighted by atomic mass is 10.4. The molecule has 0 heterocycles. The van der Waals surface area contributed by atoms with Gasteiger partial charge in [-0.05, 0) is 0 Å². The van der Waals surface area contributed by atoms with Crippen LogP contribution < -0.4 is 0 Å². The van der Waals surface area contributed by atoms with Gasteiger partial charge in [0.2, 0.25) is 0 Å². The van der Waals surface area contributed by atoms with Crippen LogP contribution in [0.15, 0.2) is 0 Å². The van der Waals surface area contributed by atoms with Crippen molar-refractivity contribution in [2.75, 3.05) is 39.6 Å². The summed E-state index contributed by atoms with van der Waals surface area (Å²) in [5.74, 6) is 0. The molecule has 0 amide bonds. The van der Waals surface area contributed by atoms with E-state index in [1.165, 1.54) is 0 Å². The summed E-state index contributed by atoms with van der Waals surface area (Å²) < 4.78 is 0. The molecule has 0 aliphatic carbocycles. The molecule has 0 spiro atoms. The first kappa shape index (κ1) is 29.0. The number of carboxylic acid groups (broad SMARTS) is 2. The van der Waals surface area contributed by atoms with Gasteiger partial charge in [0.1, 0.15) is 18.3 Å². The van der Waals surface area contributed by atoms with Crippen LogP contribution in [0.3, 0.4) is 0 Å². The number of rotatable bonds is 6. The summed E-state index contributed by atoms with van der Waals surface area (Å²) in [5, 5.41) is 86.0. The molecule has 0 unspecified atom stereocenters. The van der Waals surface area contributed by atoms with Gasteiger partial charge in [-0.15, -0.1) is 0 Å². The Morgan fingerprint density at radius 2 is 0.636 bits per heavy atom. The maximum atomic E-state index is 8.56. The van der Waals surface area contributed by atoms with E-state index in [0.29, 0.717) is 0 Å². The van der Waals surface area contributed by atoms with Crippen LogP contribution in [-0.4, -0.2) is 120 Å². The van der Waals surface area contributed by atoms with Gasteiger partial charge in [0, 0.05) is 0 Å². The molecule has 0 saturated carbocycles. The molecule has 0 bridgehead atoms. The zero-order chi connectivity index (χ0) is 18.6. The van der Waals surface area contributed by atoms with E-state index in [-0.39, 0.29) is 39.6 Å². The number of hydrogen-bond donors (Lipinski definition) is 11. The number of hydrogen-bond acceptors (Lipinski definition) is 10. The van der Waals surface area contributed by atoms with Crippen molar-refractivity contribution in [3.63, 3.8) is 0 Å². The van der Waals surface area contributed by atoms with E-state index < -0.39 is 24.5 Å². The zero-order valence-corrected chi connectivity index (χ0v) is 11.8. The van der Waals surface area contributed by atoms with E-state index in [1.807, 2.05) is 0 Å². The van der Waals surface area contributed by atoms with E-state index >= 15 is 0 Å². The summed E-state index contributed by atoms with van der Waals surface area (Å²) in [6.07, 6.45) is -4.69. The fourth-order valence-corrected chi connectivity index (χ4v) is 0.173. The quantitative estimate of drug-likeness (QED) is 0.219. The molecule has 0 aromatic rings.